The number of nitriles is 1. The molecule has 174 valence electrons. The Kier molecular flexibility index (Phi) is 7.71. The molecule has 2 unspecified atom stereocenters. The number of carbonyl (C=O) groups excluding carboxylic acids is 1. The number of amides is 1. The highest BCUT2D eigenvalue weighted by molar-refractivity contribution is 5.94. The van der Waals surface area contributed by atoms with Crippen molar-refractivity contribution in [3.05, 3.63) is 70.8 Å². The first-order valence-electron chi connectivity index (χ1n) is 10.6. The van der Waals surface area contributed by atoms with E-state index in [4.69, 9.17) is 15.2 Å². The topological polar surface area (TPSA) is 102 Å². The maximum Gasteiger partial charge on any atom is 0.490 e. The molecule has 2 aliphatic carbocycles. The number of carbonyl (C=O) groups is 2. The molecule has 0 bridgehead atoms. The Morgan fingerprint density at radius 3 is 2.36 bits per heavy atom. The number of benzene rings is 2. The molecule has 2 aromatic carbocycles. The molecule has 2 atom stereocenters. The lowest BCUT2D eigenvalue weighted by atomic mass is 10.1. The third-order valence-corrected chi connectivity index (χ3v) is 5.51. The number of aliphatic carboxylic acids is 1. The number of alkyl halides is 3. The average Bonchev–Trinajstić information content (AvgIpc) is 3.71. The van der Waals surface area contributed by atoms with Crippen molar-refractivity contribution in [1.29, 1.82) is 5.26 Å². The van der Waals surface area contributed by atoms with E-state index in [2.05, 4.69) is 28.8 Å². The van der Waals surface area contributed by atoms with Crippen molar-refractivity contribution in [1.82, 2.24) is 10.6 Å². The number of halogens is 3. The van der Waals surface area contributed by atoms with Gasteiger partial charge in [0.1, 0.15) is 0 Å². The molecule has 2 aliphatic rings. The van der Waals surface area contributed by atoms with Crippen LogP contribution in [0.1, 0.15) is 52.2 Å². The number of nitrogens with zero attached hydrogens (tertiary/aromatic N) is 1. The predicted octanol–water partition coefficient (Wildman–Crippen LogP) is 3.98. The van der Waals surface area contributed by atoms with Crippen molar-refractivity contribution in [3.8, 4) is 6.07 Å². The van der Waals surface area contributed by atoms with Gasteiger partial charge in [-0.25, -0.2) is 4.79 Å². The maximum absolute atomic E-state index is 12.3. The number of carboxylic acids is 1. The summed E-state index contributed by atoms with van der Waals surface area (Å²) in [6.07, 6.45) is -1.11. The third kappa shape index (κ3) is 7.61. The summed E-state index contributed by atoms with van der Waals surface area (Å²) < 4.78 is 31.7. The van der Waals surface area contributed by atoms with Crippen LogP contribution in [0.25, 0.3) is 0 Å². The van der Waals surface area contributed by atoms with Crippen molar-refractivity contribution in [2.24, 2.45) is 5.92 Å². The molecule has 0 aliphatic heterocycles. The fourth-order valence-corrected chi connectivity index (χ4v) is 3.35. The molecular weight excluding hydrogens is 435 g/mol. The largest absolute Gasteiger partial charge is 0.490 e. The first-order valence-corrected chi connectivity index (χ1v) is 10.6. The summed E-state index contributed by atoms with van der Waals surface area (Å²) in [5.41, 5.74) is 3.52. The second kappa shape index (κ2) is 10.5. The van der Waals surface area contributed by atoms with E-state index in [0.29, 0.717) is 29.6 Å². The van der Waals surface area contributed by atoms with E-state index in [1.165, 1.54) is 24.8 Å². The van der Waals surface area contributed by atoms with Gasteiger partial charge in [0, 0.05) is 24.1 Å². The molecule has 0 spiro atoms. The van der Waals surface area contributed by atoms with Crippen LogP contribution in [0, 0.1) is 17.2 Å². The lowest BCUT2D eigenvalue weighted by Gasteiger charge is -2.07. The zero-order chi connectivity index (χ0) is 24.0. The molecule has 33 heavy (non-hydrogen) atoms. The summed E-state index contributed by atoms with van der Waals surface area (Å²) >= 11 is 0. The number of hydrogen-bond acceptors (Lipinski definition) is 4. The molecule has 0 saturated heterocycles. The minimum atomic E-state index is -5.08. The Balaban J connectivity index is 0.000000383. The van der Waals surface area contributed by atoms with Gasteiger partial charge in [0.25, 0.3) is 5.91 Å². The molecule has 2 saturated carbocycles. The normalized spacial score (nSPS) is 19.0. The van der Waals surface area contributed by atoms with Crippen LogP contribution in [0.15, 0.2) is 48.5 Å². The molecule has 1 amide bonds. The molecule has 0 aromatic heterocycles. The van der Waals surface area contributed by atoms with E-state index in [9.17, 15) is 18.0 Å². The van der Waals surface area contributed by atoms with Crippen LogP contribution in [0.2, 0.25) is 0 Å². The number of hydrogen-bond donors (Lipinski definition) is 3. The van der Waals surface area contributed by atoms with Gasteiger partial charge in [-0.05, 0) is 67.1 Å². The lowest BCUT2D eigenvalue weighted by molar-refractivity contribution is -0.192. The highest BCUT2D eigenvalue weighted by Gasteiger charge is 2.39. The molecule has 2 fully saturated rings. The predicted molar refractivity (Wildman–Crippen MR) is 114 cm³/mol. The highest BCUT2D eigenvalue weighted by atomic mass is 19.4. The first-order chi connectivity index (χ1) is 15.7. The molecular formula is C24H24F3N3O3. The zero-order valence-electron chi connectivity index (χ0n) is 17.7. The van der Waals surface area contributed by atoms with Crippen molar-refractivity contribution in [2.45, 2.75) is 43.9 Å². The summed E-state index contributed by atoms with van der Waals surface area (Å²) in [6, 6.07) is 18.0. The first kappa shape index (κ1) is 24.3. The van der Waals surface area contributed by atoms with Crippen molar-refractivity contribution in [2.75, 3.05) is 6.54 Å². The van der Waals surface area contributed by atoms with Gasteiger partial charge in [-0.3, -0.25) is 4.79 Å². The molecule has 2 aromatic rings. The summed E-state index contributed by atoms with van der Waals surface area (Å²) in [6.45, 7) is 1.58. The molecule has 6 nitrogen and oxygen atoms in total. The van der Waals surface area contributed by atoms with Gasteiger partial charge in [0.15, 0.2) is 0 Å². The van der Waals surface area contributed by atoms with Crippen LogP contribution in [-0.4, -0.2) is 35.7 Å². The molecule has 0 radical (unpaired) electrons. The second-order valence-electron chi connectivity index (χ2n) is 8.22. The quantitative estimate of drug-likeness (QED) is 0.581. The monoisotopic (exact) mass is 459 g/mol. The molecule has 4 rings (SSSR count). The molecule has 9 heteroatoms. The summed E-state index contributed by atoms with van der Waals surface area (Å²) in [5.74, 6) is -1.33. The summed E-state index contributed by atoms with van der Waals surface area (Å²) in [4.78, 5) is 21.2. The Bertz CT molecular complexity index is 1030. The van der Waals surface area contributed by atoms with Gasteiger partial charge in [-0.1, -0.05) is 24.3 Å². The maximum atomic E-state index is 12.3. The Morgan fingerprint density at radius 2 is 1.79 bits per heavy atom. The average molecular weight is 459 g/mol. The van der Waals surface area contributed by atoms with E-state index >= 15 is 0 Å². The fraction of sp³-hybridized carbons (Fsp3) is 0.375. The van der Waals surface area contributed by atoms with Crippen LogP contribution in [0.5, 0.6) is 0 Å². The van der Waals surface area contributed by atoms with Crippen LogP contribution in [0.3, 0.4) is 0 Å². The standard InChI is InChI=1S/C22H23N3O.C2HF3O2/c23-12-16-2-1-3-17(10-16)14-25-22(26)19-8-6-18(7-9-19)20-11-21(20)24-13-15-4-5-15;3-2(4,5)1(6)7/h1-3,6-10,15,20-21,24H,4-5,11,13-14H2,(H,25,26);(H,6,7). The van der Waals surface area contributed by atoms with Crippen molar-refractivity contribution < 1.29 is 27.9 Å². The number of rotatable bonds is 7. The van der Waals surface area contributed by atoms with Crippen LogP contribution in [-0.2, 0) is 11.3 Å². The smallest absolute Gasteiger partial charge is 0.475 e. The number of carboxylic acid groups (broad SMARTS) is 1. The van der Waals surface area contributed by atoms with Crippen LogP contribution in [0.4, 0.5) is 13.2 Å². The van der Waals surface area contributed by atoms with E-state index in [1.807, 2.05) is 24.3 Å². The Morgan fingerprint density at radius 1 is 1.12 bits per heavy atom. The summed E-state index contributed by atoms with van der Waals surface area (Å²) in [7, 11) is 0. The Labute approximate surface area is 189 Å². The van der Waals surface area contributed by atoms with Gasteiger partial charge < -0.3 is 15.7 Å². The third-order valence-electron chi connectivity index (χ3n) is 5.51. The fourth-order valence-electron chi connectivity index (χ4n) is 3.35. The van der Waals surface area contributed by atoms with Gasteiger partial charge in [0.2, 0.25) is 0 Å². The van der Waals surface area contributed by atoms with E-state index < -0.39 is 12.1 Å². The molecule has 0 heterocycles. The summed E-state index contributed by atoms with van der Waals surface area (Å²) in [5, 5.41) is 22.6. The van der Waals surface area contributed by atoms with Gasteiger partial charge >= 0.3 is 12.1 Å². The highest BCUT2D eigenvalue weighted by Crippen LogP contribution is 2.41. The lowest BCUT2D eigenvalue weighted by Crippen LogP contribution is -2.22. The van der Waals surface area contributed by atoms with Gasteiger partial charge in [0.05, 0.1) is 11.6 Å². The Hall–Kier alpha value is -3.38. The number of nitrogens with one attached hydrogen (secondary N) is 2. The minimum absolute atomic E-state index is 0.0851. The van der Waals surface area contributed by atoms with Gasteiger partial charge in [-0.2, -0.15) is 18.4 Å². The molecule has 3 N–H and O–H groups in total. The zero-order valence-corrected chi connectivity index (χ0v) is 17.7. The van der Waals surface area contributed by atoms with Crippen LogP contribution < -0.4 is 10.6 Å². The second-order valence-corrected chi connectivity index (χ2v) is 8.22. The van der Waals surface area contributed by atoms with Crippen molar-refractivity contribution >= 4 is 11.9 Å². The van der Waals surface area contributed by atoms with Crippen molar-refractivity contribution in [3.63, 3.8) is 0 Å². The van der Waals surface area contributed by atoms with E-state index in [1.54, 1.807) is 12.1 Å². The van der Waals surface area contributed by atoms with E-state index in [-0.39, 0.29) is 5.91 Å². The van der Waals surface area contributed by atoms with E-state index in [0.717, 1.165) is 18.0 Å². The minimum Gasteiger partial charge on any atom is -0.475 e. The van der Waals surface area contributed by atoms with Gasteiger partial charge in [-0.15, -0.1) is 0 Å². The SMILES string of the molecule is N#Cc1cccc(CNC(=O)c2ccc(C3CC3NCC3CC3)cc2)c1.O=C(O)C(F)(F)F. The van der Waals surface area contributed by atoms with Crippen LogP contribution >= 0.6 is 0 Å².